The van der Waals surface area contributed by atoms with Crippen LogP contribution in [0.2, 0.25) is 0 Å². The van der Waals surface area contributed by atoms with Crippen LogP contribution in [0.1, 0.15) is 25.7 Å². The van der Waals surface area contributed by atoms with Crippen LogP contribution in [0.3, 0.4) is 0 Å². The second kappa shape index (κ2) is 7.54. The van der Waals surface area contributed by atoms with E-state index in [1.165, 1.54) is 4.90 Å². The first-order valence-electron chi connectivity index (χ1n) is 11.6. The average Bonchev–Trinajstić information content (AvgIpc) is 3.58. The Morgan fingerprint density at radius 3 is 2.21 bits per heavy atom. The lowest BCUT2D eigenvalue weighted by Gasteiger charge is -2.19. The molecule has 7 nitrogen and oxygen atoms in total. The Morgan fingerprint density at radius 1 is 0.848 bits per heavy atom. The normalized spacial score (nSPS) is 30.3. The van der Waals surface area contributed by atoms with E-state index in [9.17, 15) is 19.2 Å². The molecule has 2 saturated carbocycles. The summed E-state index contributed by atoms with van der Waals surface area (Å²) in [5.74, 6) is -0.938. The molecule has 2 aliphatic heterocycles. The van der Waals surface area contributed by atoms with E-state index < -0.39 is 11.9 Å². The van der Waals surface area contributed by atoms with Crippen molar-refractivity contribution in [2.75, 3.05) is 16.3 Å². The van der Waals surface area contributed by atoms with E-state index >= 15 is 0 Å². The summed E-state index contributed by atoms with van der Waals surface area (Å²) in [5.41, 5.74) is 1.20. The van der Waals surface area contributed by atoms with Gasteiger partial charge in [0.1, 0.15) is 5.75 Å². The van der Waals surface area contributed by atoms with Crippen molar-refractivity contribution in [2.45, 2.75) is 25.7 Å². The maximum atomic E-state index is 13.1. The topological polar surface area (TPSA) is 84.0 Å². The highest BCUT2D eigenvalue weighted by atomic mass is 16.5. The lowest BCUT2D eigenvalue weighted by molar-refractivity contribution is -0.139. The fourth-order valence-corrected chi connectivity index (χ4v) is 6.27. The Labute approximate surface area is 191 Å². The number of nitrogens with zero attached hydrogens (tertiary/aromatic N) is 2. The van der Waals surface area contributed by atoms with E-state index in [0.717, 1.165) is 24.9 Å². The molecule has 0 N–H and O–H groups in total. The SMILES string of the molecule is O=C(Oc1cccc(N2C(=O)[C@@H]3[C@H]4CC[C@@H](C4)[C@@H]3C2=O)c1)[C@@H]1CC(=O)N(c2ccccc2)C1. The number of carbonyl (C=O) groups is 4. The zero-order valence-electron chi connectivity index (χ0n) is 18.1. The van der Waals surface area contributed by atoms with Crippen molar-refractivity contribution in [3.63, 3.8) is 0 Å². The molecule has 33 heavy (non-hydrogen) atoms. The maximum absolute atomic E-state index is 13.1. The van der Waals surface area contributed by atoms with Crippen molar-refractivity contribution in [1.29, 1.82) is 0 Å². The van der Waals surface area contributed by atoms with Crippen LogP contribution in [0.15, 0.2) is 54.6 Å². The quantitative estimate of drug-likeness (QED) is 0.411. The van der Waals surface area contributed by atoms with Crippen molar-refractivity contribution in [3.05, 3.63) is 54.6 Å². The summed E-state index contributed by atoms with van der Waals surface area (Å²) in [7, 11) is 0. The minimum atomic E-state index is -0.577. The summed E-state index contributed by atoms with van der Waals surface area (Å²) in [4.78, 5) is 54.3. The second-order valence-electron chi connectivity index (χ2n) is 9.56. The van der Waals surface area contributed by atoms with Crippen LogP contribution in [-0.2, 0) is 19.2 Å². The molecule has 3 amide bonds. The van der Waals surface area contributed by atoms with Gasteiger partial charge in [0.25, 0.3) is 0 Å². The second-order valence-corrected chi connectivity index (χ2v) is 9.56. The number of fused-ring (bicyclic) bond motifs is 5. The minimum absolute atomic E-state index is 0.0860. The van der Waals surface area contributed by atoms with E-state index in [2.05, 4.69) is 0 Å². The zero-order chi connectivity index (χ0) is 22.7. The highest BCUT2D eigenvalue weighted by Gasteiger charge is 2.61. The molecule has 2 saturated heterocycles. The van der Waals surface area contributed by atoms with Gasteiger partial charge in [-0.2, -0.15) is 0 Å². The average molecular weight is 444 g/mol. The van der Waals surface area contributed by atoms with Crippen LogP contribution < -0.4 is 14.5 Å². The van der Waals surface area contributed by atoms with Crippen LogP contribution >= 0.6 is 0 Å². The monoisotopic (exact) mass is 444 g/mol. The number of anilines is 2. The Bertz CT molecular complexity index is 1130. The Hall–Kier alpha value is -3.48. The third kappa shape index (κ3) is 3.17. The van der Waals surface area contributed by atoms with Crippen LogP contribution in [0.4, 0.5) is 11.4 Å². The smallest absolute Gasteiger partial charge is 0.316 e. The van der Waals surface area contributed by atoms with Crippen molar-refractivity contribution >= 4 is 35.1 Å². The van der Waals surface area contributed by atoms with Gasteiger partial charge in [-0.05, 0) is 55.4 Å². The van der Waals surface area contributed by atoms with Gasteiger partial charge in [0.05, 0.1) is 23.4 Å². The Morgan fingerprint density at radius 2 is 1.52 bits per heavy atom. The van der Waals surface area contributed by atoms with Gasteiger partial charge in [-0.3, -0.25) is 19.2 Å². The van der Waals surface area contributed by atoms with Crippen molar-refractivity contribution < 1.29 is 23.9 Å². The Balaban J connectivity index is 1.17. The number of imide groups is 1. The van der Waals surface area contributed by atoms with Crippen LogP contribution in [0.5, 0.6) is 5.75 Å². The summed E-state index contributed by atoms with van der Waals surface area (Å²) in [6.45, 7) is 0.261. The first kappa shape index (κ1) is 20.1. The largest absolute Gasteiger partial charge is 0.426 e. The van der Waals surface area contributed by atoms with Crippen LogP contribution in [-0.4, -0.2) is 30.2 Å². The number of carbonyl (C=O) groups excluding carboxylic acids is 4. The highest BCUT2D eigenvalue weighted by Crippen LogP contribution is 2.56. The van der Waals surface area contributed by atoms with Gasteiger partial charge in [-0.25, -0.2) is 4.90 Å². The minimum Gasteiger partial charge on any atom is -0.426 e. The molecule has 2 aromatic carbocycles. The van der Waals surface area contributed by atoms with E-state index in [1.807, 2.05) is 30.3 Å². The molecule has 0 unspecified atom stereocenters. The van der Waals surface area contributed by atoms with Gasteiger partial charge in [-0.15, -0.1) is 0 Å². The van der Waals surface area contributed by atoms with Gasteiger partial charge in [0.15, 0.2) is 0 Å². The van der Waals surface area contributed by atoms with Gasteiger partial charge in [0.2, 0.25) is 17.7 Å². The molecule has 4 aliphatic rings. The van der Waals surface area contributed by atoms with Crippen LogP contribution in [0.25, 0.3) is 0 Å². The van der Waals surface area contributed by atoms with Gasteiger partial charge in [0, 0.05) is 24.7 Å². The molecule has 0 spiro atoms. The van der Waals surface area contributed by atoms with Gasteiger partial charge >= 0.3 is 5.97 Å². The summed E-state index contributed by atoms with van der Waals surface area (Å²) in [6, 6.07) is 15.8. The zero-order valence-corrected chi connectivity index (χ0v) is 18.1. The lowest BCUT2D eigenvalue weighted by Crippen LogP contribution is -2.32. The number of rotatable bonds is 4. The highest BCUT2D eigenvalue weighted by molar-refractivity contribution is 6.22. The van der Waals surface area contributed by atoms with Crippen molar-refractivity contribution in [1.82, 2.24) is 0 Å². The number of para-hydroxylation sites is 1. The van der Waals surface area contributed by atoms with E-state index in [4.69, 9.17) is 4.74 Å². The van der Waals surface area contributed by atoms with Gasteiger partial charge < -0.3 is 9.64 Å². The fourth-order valence-electron chi connectivity index (χ4n) is 6.27. The molecule has 2 bridgehead atoms. The molecular weight excluding hydrogens is 420 g/mol. The summed E-state index contributed by atoms with van der Waals surface area (Å²) >= 11 is 0. The van der Waals surface area contributed by atoms with E-state index in [0.29, 0.717) is 17.5 Å². The molecule has 4 fully saturated rings. The van der Waals surface area contributed by atoms with Crippen molar-refractivity contribution in [3.8, 4) is 5.75 Å². The molecule has 7 heteroatoms. The lowest BCUT2D eigenvalue weighted by atomic mass is 9.81. The number of benzene rings is 2. The number of ether oxygens (including phenoxy) is 1. The molecule has 6 rings (SSSR count). The summed E-state index contributed by atoms with van der Waals surface area (Å²) in [6.07, 6.45) is 3.12. The molecule has 2 heterocycles. The van der Waals surface area contributed by atoms with Gasteiger partial charge in [-0.1, -0.05) is 24.3 Å². The predicted molar refractivity (Wildman–Crippen MR) is 119 cm³/mol. The first-order valence-corrected chi connectivity index (χ1v) is 11.6. The molecule has 2 aromatic rings. The molecule has 0 radical (unpaired) electrons. The maximum Gasteiger partial charge on any atom is 0.316 e. The summed E-state index contributed by atoms with van der Waals surface area (Å²) in [5, 5.41) is 0. The summed E-state index contributed by atoms with van der Waals surface area (Å²) < 4.78 is 5.58. The predicted octanol–water partition coefficient (Wildman–Crippen LogP) is 3.18. The van der Waals surface area contributed by atoms with Crippen LogP contribution in [0, 0.1) is 29.6 Å². The third-order valence-electron chi connectivity index (χ3n) is 7.75. The van der Waals surface area contributed by atoms with E-state index in [1.54, 1.807) is 29.2 Å². The number of hydrogen-bond donors (Lipinski definition) is 0. The standard InChI is InChI=1S/C26H24N2O5/c29-21-12-17(14-27(21)18-5-2-1-3-6-18)26(32)33-20-8-4-7-19(13-20)28-24(30)22-15-9-10-16(11-15)23(22)25(28)31/h1-8,13,15-17,22-23H,9-12,14H2/t15-,16-,17+,22-,23+/m0/s1. The third-order valence-corrected chi connectivity index (χ3v) is 7.75. The number of esters is 1. The first-order chi connectivity index (χ1) is 16.0. The Kier molecular flexibility index (Phi) is 4.60. The fraction of sp³-hybridized carbons (Fsp3) is 0.385. The van der Waals surface area contributed by atoms with Crippen molar-refractivity contribution in [2.24, 2.45) is 29.6 Å². The molecule has 2 aliphatic carbocycles. The molecule has 5 atom stereocenters. The molecular formula is C26H24N2O5. The number of amides is 3. The van der Waals surface area contributed by atoms with E-state index in [-0.39, 0.29) is 48.3 Å². The number of hydrogen-bond acceptors (Lipinski definition) is 5. The molecule has 168 valence electrons. The molecule has 0 aromatic heterocycles.